The molecule has 1 saturated carbocycles. The molecule has 1 aromatic rings. The van der Waals surface area contributed by atoms with Crippen LogP contribution in [0, 0.1) is 15.3 Å². The van der Waals surface area contributed by atoms with Gasteiger partial charge in [0.1, 0.15) is 4.92 Å². The number of furan rings is 1. The smallest absolute Gasteiger partial charge is 0.433 e. The number of nitro groups is 1. The molecule has 18 heavy (non-hydrogen) atoms. The summed E-state index contributed by atoms with van der Waals surface area (Å²) in [5, 5.41) is 22.4. The molecule has 0 saturated heterocycles. The average Bonchev–Trinajstić information content (AvgIpc) is 2.64. The van der Waals surface area contributed by atoms with E-state index in [1.807, 2.05) is 0 Å². The van der Waals surface area contributed by atoms with E-state index in [9.17, 15) is 15.3 Å². The Morgan fingerprint density at radius 1 is 1.17 bits per heavy atom. The molecule has 0 N–H and O–H groups in total. The van der Waals surface area contributed by atoms with E-state index in [0.717, 1.165) is 30.4 Å². The minimum absolute atomic E-state index is 0.0309. The van der Waals surface area contributed by atoms with E-state index in [1.54, 1.807) is 0 Å². The van der Waals surface area contributed by atoms with Crippen LogP contribution in [-0.4, -0.2) is 21.9 Å². The van der Waals surface area contributed by atoms with E-state index in [-0.39, 0.29) is 17.7 Å². The second-order valence-corrected chi connectivity index (χ2v) is 4.57. The molecule has 1 fully saturated rings. The Balaban J connectivity index is 2.07. The molecule has 0 unspecified atom stereocenters. The van der Waals surface area contributed by atoms with Crippen LogP contribution < -0.4 is 0 Å². The van der Waals surface area contributed by atoms with Crippen LogP contribution >= 0.6 is 0 Å². The summed E-state index contributed by atoms with van der Waals surface area (Å²) in [6, 6.07) is 2.67. The number of hydrogen-bond acceptors (Lipinski definition) is 4. The Morgan fingerprint density at radius 2 is 1.83 bits per heavy atom. The van der Waals surface area contributed by atoms with E-state index >= 15 is 0 Å². The Kier molecular flexibility index (Phi) is 3.96. The largest absolute Gasteiger partial charge is 0.624 e. The summed E-state index contributed by atoms with van der Waals surface area (Å²) in [7, 11) is 0. The first-order chi connectivity index (χ1) is 8.66. The van der Waals surface area contributed by atoms with Crippen molar-refractivity contribution in [2.45, 2.75) is 44.6 Å². The molecule has 0 radical (unpaired) electrons. The number of hydroxylamine groups is 1. The van der Waals surface area contributed by atoms with Gasteiger partial charge in [-0.3, -0.25) is 10.1 Å². The van der Waals surface area contributed by atoms with Crippen molar-refractivity contribution in [2.75, 3.05) is 0 Å². The van der Waals surface area contributed by atoms with Gasteiger partial charge in [0.05, 0.1) is 6.07 Å². The minimum Gasteiger partial charge on any atom is -0.624 e. The second-order valence-electron chi connectivity index (χ2n) is 4.57. The molecule has 1 heterocycles. The minimum atomic E-state index is -0.613. The van der Waals surface area contributed by atoms with Crippen LogP contribution in [-0.2, 0) is 0 Å². The summed E-state index contributed by atoms with van der Waals surface area (Å²) < 4.78 is 5.82. The van der Waals surface area contributed by atoms with Crippen molar-refractivity contribution in [1.29, 1.82) is 0 Å². The lowest BCUT2D eigenvalue weighted by molar-refractivity contribution is -0.498. The maximum Gasteiger partial charge on any atom is 0.433 e. The highest BCUT2D eigenvalue weighted by atomic mass is 16.6. The van der Waals surface area contributed by atoms with E-state index in [1.165, 1.54) is 31.2 Å². The molecule has 0 bridgehead atoms. The third-order valence-electron chi connectivity index (χ3n) is 3.23. The van der Waals surface area contributed by atoms with Gasteiger partial charge in [-0.25, -0.2) is 4.74 Å². The number of nitrogens with zero attached hydrogens (tertiary/aromatic N) is 2. The predicted octanol–water partition coefficient (Wildman–Crippen LogP) is 2.84. The van der Waals surface area contributed by atoms with Crippen LogP contribution in [0.5, 0.6) is 0 Å². The van der Waals surface area contributed by atoms with E-state index < -0.39 is 4.92 Å². The number of hydrogen-bond donors (Lipinski definition) is 0. The topological polar surface area (TPSA) is 82.3 Å². The van der Waals surface area contributed by atoms with Gasteiger partial charge in [-0.1, -0.05) is 12.8 Å². The van der Waals surface area contributed by atoms with Crippen LogP contribution in [0.25, 0.3) is 0 Å². The van der Waals surface area contributed by atoms with E-state index in [4.69, 9.17) is 4.42 Å². The van der Waals surface area contributed by atoms with Gasteiger partial charge in [0.15, 0.2) is 11.8 Å². The van der Waals surface area contributed by atoms with Gasteiger partial charge in [0, 0.05) is 12.8 Å². The summed E-state index contributed by atoms with van der Waals surface area (Å²) in [4.78, 5) is 9.84. The van der Waals surface area contributed by atoms with Crippen LogP contribution in [0.1, 0.15) is 44.3 Å². The van der Waals surface area contributed by atoms with Gasteiger partial charge in [-0.15, -0.1) is 0 Å². The Morgan fingerprint density at radius 3 is 2.39 bits per heavy atom. The zero-order valence-corrected chi connectivity index (χ0v) is 10.1. The SMILES string of the molecule is O=[N+]([O-])c1ccc(/C=[N+](\[O-])C2CCCCCC2)o1. The standard InChI is InChI=1S/C12H16N2O4/c15-13(10-5-3-1-2-4-6-10)9-11-7-8-12(18-11)14(16)17/h7-10H,1-6H2/b13-9-. The van der Waals surface area contributed by atoms with Crippen molar-refractivity contribution in [3.8, 4) is 0 Å². The number of rotatable bonds is 3. The first-order valence-corrected chi connectivity index (χ1v) is 6.21. The van der Waals surface area contributed by atoms with E-state index in [2.05, 4.69) is 0 Å². The molecule has 98 valence electrons. The molecule has 0 amide bonds. The van der Waals surface area contributed by atoms with Gasteiger partial charge in [0.25, 0.3) is 0 Å². The van der Waals surface area contributed by atoms with E-state index in [0.29, 0.717) is 0 Å². The van der Waals surface area contributed by atoms with Crippen LogP contribution in [0.3, 0.4) is 0 Å². The van der Waals surface area contributed by atoms with Crippen molar-refractivity contribution in [2.24, 2.45) is 0 Å². The summed E-state index contributed by atoms with van der Waals surface area (Å²) in [6.45, 7) is 0. The first kappa shape index (κ1) is 12.6. The van der Waals surface area contributed by atoms with Crippen molar-refractivity contribution < 1.29 is 14.1 Å². The second kappa shape index (κ2) is 5.66. The van der Waals surface area contributed by atoms with Crippen molar-refractivity contribution in [1.82, 2.24) is 0 Å². The molecule has 1 aliphatic rings. The zero-order chi connectivity index (χ0) is 13.0. The quantitative estimate of drug-likeness (QED) is 0.207. The molecule has 1 aromatic heterocycles. The van der Waals surface area contributed by atoms with Crippen molar-refractivity contribution in [3.05, 3.63) is 33.2 Å². The molecule has 6 nitrogen and oxygen atoms in total. The molecule has 2 rings (SSSR count). The normalized spacial score (nSPS) is 18.6. The van der Waals surface area contributed by atoms with Crippen LogP contribution in [0.15, 0.2) is 16.5 Å². The monoisotopic (exact) mass is 252 g/mol. The molecule has 0 atom stereocenters. The van der Waals surface area contributed by atoms with Gasteiger partial charge in [-0.05, 0) is 18.9 Å². The first-order valence-electron chi connectivity index (χ1n) is 6.21. The van der Waals surface area contributed by atoms with Crippen LogP contribution in [0.2, 0.25) is 0 Å². The fourth-order valence-electron chi connectivity index (χ4n) is 2.25. The maximum atomic E-state index is 11.9. The van der Waals surface area contributed by atoms with Gasteiger partial charge >= 0.3 is 5.88 Å². The highest BCUT2D eigenvalue weighted by molar-refractivity contribution is 5.72. The highest BCUT2D eigenvalue weighted by Crippen LogP contribution is 2.20. The summed E-state index contributed by atoms with van der Waals surface area (Å²) >= 11 is 0. The van der Waals surface area contributed by atoms with Gasteiger partial charge < -0.3 is 9.62 Å². The lowest BCUT2D eigenvalue weighted by Gasteiger charge is -2.13. The average molecular weight is 252 g/mol. The Labute approximate surface area is 105 Å². The lowest BCUT2D eigenvalue weighted by Crippen LogP contribution is -2.21. The summed E-state index contributed by atoms with van der Waals surface area (Å²) in [6.07, 6.45) is 7.55. The third-order valence-corrected chi connectivity index (χ3v) is 3.23. The molecule has 0 aromatic carbocycles. The zero-order valence-electron chi connectivity index (χ0n) is 10.1. The molecule has 0 spiro atoms. The summed E-state index contributed by atoms with van der Waals surface area (Å²) in [5.74, 6) is -0.100. The fourth-order valence-corrected chi connectivity index (χ4v) is 2.25. The molecule has 1 aliphatic carbocycles. The Bertz CT molecular complexity index is 445. The molecule has 0 aliphatic heterocycles. The molecule has 6 heteroatoms. The fraction of sp³-hybridized carbons (Fsp3) is 0.583. The Hall–Kier alpha value is -1.85. The lowest BCUT2D eigenvalue weighted by atomic mass is 10.1. The van der Waals surface area contributed by atoms with Crippen molar-refractivity contribution in [3.63, 3.8) is 0 Å². The molecular weight excluding hydrogens is 236 g/mol. The van der Waals surface area contributed by atoms with Crippen LogP contribution in [0.4, 0.5) is 5.88 Å². The van der Waals surface area contributed by atoms with Gasteiger partial charge in [-0.2, -0.15) is 0 Å². The van der Waals surface area contributed by atoms with Crippen molar-refractivity contribution >= 4 is 12.1 Å². The highest BCUT2D eigenvalue weighted by Gasteiger charge is 2.19. The third kappa shape index (κ3) is 3.09. The maximum absolute atomic E-state index is 11.9. The summed E-state index contributed by atoms with van der Waals surface area (Å²) in [5.41, 5.74) is 0. The predicted molar refractivity (Wildman–Crippen MR) is 65.6 cm³/mol. The molecular formula is C12H16N2O4. The van der Waals surface area contributed by atoms with Gasteiger partial charge in [0.2, 0.25) is 6.21 Å².